The van der Waals surface area contributed by atoms with E-state index >= 15 is 0 Å². The second kappa shape index (κ2) is 9.82. The van der Waals surface area contributed by atoms with Crippen LogP contribution in [0.1, 0.15) is 30.9 Å². The van der Waals surface area contributed by atoms with Crippen LogP contribution in [0, 0.1) is 5.41 Å². The molecular formula is C30H29N5O7. The summed E-state index contributed by atoms with van der Waals surface area (Å²) in [4.78, 5) is 84.0. The molecule has 12 heteroatoms. The van der Waals surface area contributed by atoms with E-state index in [0.717, 1.165) is 26.8 Å². The van der Waals surface area contributed by atoms with Crippen molar-refractivity contribution in [1.82, 2.24) is 15.1 Å². The number of imide groups is 4. The van der Waals surface area contributed by atoms with Gasteiger partial charge in [-0.25, -0.2) is 14.5 Å². The first-order chi connectivity index (χ1) is 20.1. The summed E-state index contributed by atoms with van der Waals surface area (Å²) in [5.74, 6) is -2.42. The van der Waals surface area contributed by atoms with E-state index in [2.05, 4.69) is 5.32 Å². The van der Waals surface area contributed by atoms with Gasteiger partial charge in [0, 0.05) is 26.3 Å². The number of para-hydroxylation sites is 2. The van der Waals surface area contributed by atoms with Crippen LogP contribution < -0.4 is 19.9 Å². The Bertz CT molecular complexity index is 1590. The van der Waals surface area contributed by atoms with Gasteiger partial charge in [0.15, 0.2) is 5.41 Å². The summed E-state index contributed by atoms with van der Waals surface area (Å²) in [5.41, 5.74) is 0.469. The Hall–Kier alpha value is -5.00. The molecule has 1 N–H and O–H groups in total. The molecule has 2 aromatic rings. The van der Waals surface area contributed by atoms with Crippen LogP contribution in [0.5, 0.6) is 5.75 Å². The molecule has 0 saturated carbocycles. The average Bonchev–Trinajstić information content (AvgIpc) is 3.48. The van der Waals surface area contributed by atoms with Crippen molar-refractivity contribution in [2.75, 3.05) is 37.0 Å². The minimum Gasteiger partial charge on any atom is -0.492 e. The largest absolute Gasteiger partial charge is 0.492 e. The minimum atomic E-state index is -1.48. The Morgan fingerprint density at radius 2 is 1.69 bits per heavy atom. The van der Waals surface area contributed by atoms with Crippen LogP contribution in [0.15, 0.2) is 48.0 Å². The van der Waals surface area contributed by atoms with Gasteiger partial charge in [-0.05, 0) is 67.7 Å². The molecule has 4 heterocycles. The molecule has 0 aromatic heterocycles. The third-order valence-corrected chi connectivity index (χ3v) is 8.47. The van der Waals surface area contributed by atoms with Crippen LogP contribution in [0.3, 0.4) is 0 Å². The third-order valence-electron chi connectivity index (χ3n) is 8.47. The number of benzene rings is 2. The smallest absolute Gasteiger partial charge is 0.336 e. The number of ether oxygens (including phenoxy) is 1. The molecule has 4 aliphatic heterocycles. The number of carbonyl (C=O) groups excluding carboxylic acids is 6. The average molecular weight is 572 g/mol. The van der Waals surface area contributed by atoms with Crippen molar-refractivity contribution in [3.8, 4) is 5.75 Å². The Labute approximate surface area is 241 Å². The quantitative estimate of drug-likeness (QED) is 0.336. The molecule has 0 aliphatic carbocycles. The zero-order valence-corrected chi connectivity index (χ0v) is 23.4. The first-order valence-electron chi connectivity index (χ1n) is 13.7. The highest BCUT2D eigenvalue weighted by Gasteiger charge is 2.63. The third kappa shape index (κ3) is 3.81. The number of barbiturate groups is 2. The van der Waals surface area contributed by atoms with E-state index in [1.165, 1.54) is 20.2 Å². The Morgan fingerprint density at radius 3 is 2.40 bits per heavy atom. The van der Waals surface area contributed by atoms with Crippen molar-refractivity contribution in [3.63, 3.8) is 0 Å². The highest BCUT2D eigenvalue weighted by molar-refractivity contribution is 6.39. The van der Waals surface area contributed by atoms with Gasteiger partial charge in [0.2, 0.25) is 11.8 Å². The van der Waals surface area contributed by atoms with Crippen molar-refractivity contribution in [2.24, 2.45) is 5.41 Å². The lowest BCUT2D eigenvalue weighted by Gasteiger charge is -2.50. The standard InChI is InChI=1S/C30H29N5O7/c1-4-42-22-9-6-5-8-21(22)35-25(37)19(24(36)31-28(35)40)15-17-11-12-20-18(14-17)16-30(23-10-7-13-34(20)23)26(38)32(2)29(41)33(3)27(30)39/h5-6,8-9,11-12,14-15,23H,4,7,10,13,16H2,1-3H3,(H,31,36,40)/b19-15+. The van der Waals surface area contributed by atoms with Crippen LogP contribution in [-0.4, -0.2) is 78.8 Å². The number of amides is 8. The normalized spacial score (nSPS) is 22.6. The van der Waals surface area contributed by atoms with E-state index in [-0.39, 0.29) is 17.7 Å². The monoisotopic (exact) mass is 571 g/mol. The molecule has 216 valence electrons. The molecule has 3 saturated heterocycles. The summed E-state index contributed by atoms with van der Waals surface area (Å²) in [6.45, 7) is 2.72. The summed E-state index contributed by atoms with van der Waals surface area (Å²) in [6, 6.07) is 9.92. The SMILES string of the molecule is CCOc1ccccc1N1C(=O)NC(=O)/C(=C\c2ccc3c(c2)CC2(C(=O)N(C)C(=O)N(C)C2=O)C2CCCN32)C1=O. The van der Waals surface area contributed by atoms with Crippen LogP contribution >= 0.6 is 0 Å². The molecule has 1 spiro atoms. The number of anilines is 2. The van der Waals surface area contributed by atoms with Gasteiger partial charge >= 0.3 is 12.1 Å². The van der Waals surface area contributed by atoms with Crippen molar-refractivity contribution in [1.29, 1.82) is 0 Å². The van der Waals surface area contributed by atoms with E-state index in [4.69, 9.17) is 4.74 Å². The number of rotatable bonds is 4. The highest BCUT2D eigenvalue weighted by atomic mass is 16.5. The Morgan fingerprint density at radius 1 is 0.976 bits per heavy atom. The van der Waals surface area contributed by atoms with Gasteiger partial charge < -0.3 is 9.64 Å². The topological polar surface area (TPSA) is 137 Å². The number of nitrogens with zero attached hydrogens (tertiary/aromatic N) is 4. The molecule has 1 atom stereocenters. The van der Waals surface area contributed by atoms with Crippen LogP contribution in [0.4, 0.5) is 21.0 Å². The molecule has 1 unspecified atom stereocenters. The molecule has 4 aliphatic rings. The van der Waals surface area contributed by atoms with Gasteiger partial charge in [0.25, 0.3) is 11.8 Å². The summed E-state index contributed by atoms with van der Waals surface area (Å²) in [7, 11) is 2.77. The fraction of sp³-hybridized carbons (Fsp3) is 0.333. The number of hydrogen-bond acceptors (Lipinski definition) is 8. The maximum Gasteiger partial charge on any atom is 0.336 e. The molecule has 3 fully saturated rings. The number of nitrogens with one attached hydrogen (secondary N) is 1. The first kappa shape index (κ1) is 27.2. The minimum absolute atomic E-state index is 0.0621. The maximum absolute atomic E-state index is 13.7. The van der Waals surface area contributed by atoms with Gasteiger partial charge in [-0.15, -0.1) is 0 Å². The summed E-state index contributed by atoms with van der Waals surface area (Å²) in [5, 5.41) is 2.23. The van der Waals surface area contributed by atoms with Gasteiger partial charge in [0.05, 0.1) is 18.3 Å². The van der Waals surface area contributed by atoms with Crippen molar-refractivity contribution in [2.45, 2.75) is 32.2 Å². The molecule has 0 bridgehead atoms. The Balaban J connectivity index is 1.40. The number of fused-ring (bicyclic) bond motifs is 4. The fourth-order valence-electron chi connectivity index (χ4n) is 6.59. The second-order valence-electron chi connectivity index (χ2n) is 10.8. The lowest BCUT2D eigenvalue weighted by atomic mass is 9.68. The van der Waals surface area contributed by atoms with Crippen molar-refractivity contribution >= 4 is 53.1 Å². The lowest BCUT2D eigenvalue weighted by Crippen LogP contribution is -2.70. The van der Waals surface area contributed by atoms with Gasteiger partial charge in [-0.2, -0.15) is 0 Å². The Kier molecular flexibility index (Phi) is 6.36. The van der Waals surface area contributed by atoms with E-state index in [0.29, 0.717) is 36.4 Å². The van der Waals surface area contributed by atoms with Gasteiger partial charge in [-0.1, -0.05) is 18.2 Å². The van der Waals surface area contributed by atoms with Gasteiger partial charge in [-0.3, -0.25) is 34.3 Å². The number of urea groups is 2. The van der Waals surface area contributed by atoms with Crippen molar-refractivity contribution in [3.05, 3.63) is 59.2 Å². The van der Waals surface area contributed by atoms with Crippen LogP contribution in [0.2, 0.25) is 0 Å². The second-order valence-corrected chi connectivity index (χ2v) is 10.8. The zero-order chi connectivity index (χ0) is 29.9. The zero-order valence-electron chi connectivity index (χ0n) is 23.4. The van der Waals surface area contributed by atoms with Crippen LogP contribution in [0.25, 0.3) is 6.08 Å². The maximum atomic E-state index is 13.7. The molecular weight excluding hydrogens is 542 g/mol. The van der Waals surface area contributed by atoms with E-state index in [1.54, 1.807) is 43.3 Å². The fourth-order valence-corrected chi connectivity index (χ4v) is 6.59. The predicted octanol–water partition coefficient (Wildman–Crippen LogP) is 2.31. The van der Waals surface area contributed by atoms with E-state index in [9.17, 15) is 28.8 Å². The summed E-state index contributed by atoms with van der Waals surface area (Å²) >= 11 is 0. The number of carbonyl (C=O) groups is 6. The summed E-state index contributed by atoms with van der Waals surface area (Å²) in [6.07, 6.45) is 2.85. The predicted molar refractivity (Wildman–Crippen MR) is 150 cm³/mol. The first-order valence-corrected chi connectivity index (χ1v) is 13.7. The summed E-state index contributed by atoms with van der Waals surface area (Å²) < 4.78 is 5.59. The van der Waals surface area contributed by atoms with E-state index < -0.39 is 47.1 Å². The highest BCUT2D eigenvalue weighted by Crippen LogP contribution is 2.49. The molecule has 42 heavy (non-hydrogen) atoms. The lowest BCUT2D eigenvalue weighted by molar-refractivity contribution is -0.159. The van der Waals surface area contributed by atoms with Gasteiger partial charge in [0.1, 0.15) is 11.3 Å². The molecule has 0 radical (unpaired) electrons. The molecule has 6 rings (SSSR count). The van der Waals surface area contributed by atoms with E-state index in [1.807, 2.05) is 11.0 Å². The number of hydrogen-bond donors (Lipinski definition) is 1. The van der Waals surface area contributed by atoms with Crippen LogP contribution in [-0.2, 0) is 25.6 Å². The van der Waals surface area contributed by atoms with Crippen molar-refractivity contribution < 1.29 is 33.5 Å². The molecule has 12 nitrogen and oxygen atoms in total. The molecule has 8 amide bonds. The molecule has 2 aromatic carbocycles.